The zero-order chi connectivity index (χ0) is 18.7. The van der Waals surface area contributed by atoms with Crippen molar-refractivity contribution >= 4 is 0 Å². The summed E-state index contributed by atoms with van der Waals surface area (Å²) in [6.07, 6.45) is 14.2. The monoisotopic (exact) mass is 358 g/mol. The minimum Gasteiger partial charge on any atom is -0.361 e. The van der Waals surface area contributed by atoms with Gasteiger partial charge in [-0.15, -0.1) is 0 Å². The van der Waals surface area contributed by atoms with Crippen LogP contribution in [0.4, 0.5) is 0 Å². The van der Waals surface area contributed by atoms with Crippen LogP contribution in [-0.2, 0) is 4.74 Å². The van der Waals surface area contributed by atoms with Gasteiger partial charge in [0.2, 0.25) is 0 Å². The van der Waals surface area contributed by atoms with Crippen LogP contribution in [0.25, 0.3) is 0 Å². The van der Waals surface area contributed by atoms with Crippen molar-refractivity contribution in [1.82, 2.24) is 0 Å². The second kappa shape index (κ2) is 7.12. The van der Waals surface area contributed by atoms with Gasteiger partial charge < -0.3 is 14.9 Å². The van der Waals surface area contributed by atoms with Crippen molar-refractivity contribution < 1.29 is 14.9 Å². The molecule has 0 bridgehead atoms. The predicted molar refractivity (Wildman–Crippen MR) is 106 cm³/mol. The molecule has 136 valence electrons. The van der Waals surface area contributed by atoms with Crippen molar-refractivity contribution in [2.24, 2.45) is 0 Å². The van der Waals surface area contributed by atoms with E-state index < -0.39 is 23.4 Å². The highest BCUT2D eigenvalue weighted by atomic mass is 16.7. The lowest BCUT2D eigenvalue weighted by Crippen LogP contribution is -2.49. The molecular formula is C24H22O3. The molecule has 2 aromatic rings. The number of rotatable bonds is 4. The summed E-state index contributed by atoms with van der Waals surface area (Å²) in [5, 5.41) is 22.8. The van der Waals surface area contributed by atoms with E-state index in [1.54, 1.807) is 24.3 Å². The Morgan fingerprint density at radius 1 is 0.593 bits per heavy atom. The first-order valence-corrected chi connectivity index (χ1v) is 9.08. The molecule has 4 rings (SSSR count). The van der Waals surface area contributed by atoms with Crippen LogP contribution in [0.3, 0.4) is 0 Å². The van der Waals surface area contributed by atoms with Gasteiger partial charge in [0.15, 0.2) is 11.6 Å². The summed E-state index contributed by atoms with van der Waals surface area (Å²) in [6.45, 7) is 0. The molecule has 2 aliphatic rings. The number of hydrogen-bond donors (Lipinski definition) is 2. The molecule has 0 amide bonds. The maximum atomic E-state index is 11.4. The van der Waals surface area contributed by atoms with Crippen molar-refractivity contribution in [3.05, 3.63) is 120 Å². The van der Waals surface area contributed by atoms with Crippen molar-refractivity contribution in [2.45, 2.75) is 23.4 Å². The third-order valence-electron chi connectivity index (χ3n) is 5.03. The van der Waals surface area contributed by atoms with E-state index in [2.05, 4.69) is 0 Å². The number of aliphatic hydroxyl groups is 2. The predicted octanol–water partition coefficient (Wildman–Crippen LogP) is 4.20. The maximum absolute atomic E-state index is 11.4. The number of allylic oxidation sites excluding steroid dienone is 4. The third-order valence-corrected chi connectivity index (χ3v) is 5.03. The maximum Gasteiger partial charge on any atom is 0.199 e. The molecule has 0 spiro atoms. The molecule has 2 aliphatic carbocycles. The van der Waals surface area contributed by atoms with Crippen molar-refractivity contribution in [2.75, 3.05) is 0 Å². The first kappa shape index (κ1) is 17.7. The molecule has 4 unspecified atom stereocenters. The number of benzene rings is 2. The van der Waals surface area contributed by atoms with Gasteiger partial charge in [-0.3, -0.25) is 0 Å². The molecule has 0 radical (unpaired) electrons. The van der Waals surface area contributed by atoms with Crippen molar-refractivity contribution in [3.8, 4) is 0 Å². The van der Waals surface area contributed by atoms with Crippen molar-refractivity contribution in [3.63, 3.8) is 0 Å². The van der Waals surface area contributed by atoms with E-state index in [1.807, 2.05) is 85.0 Å². The lowest BCUT2D eigenvalue weighted by molar-refractivity contribution is -0.301. The van der Waals surface area contributed by atoms with E-state index >= 15 is 0 Å². The minimum absolute atomic E-state index is 0.427. The van der Waals surface area contributed by atoms with Gasteiger partial charge in [0.05, 0.1) is 11.8 Å². The highest BCUT2D eigenvalue weighted by Crippen LogP contribution is 2.43. The van der Waals surface area contributed by atoms with Gasteiger partial charge in [-0.25, -0.2) is 0 Å². The lowest BCUT2D eigenvalue weighted by Gasteiger charge is -2.43. The normalized spacial score (nSPS) is 31.9. The van der Waals surface area contributed by atoms with Gasteiger partial charge in [0.25, 0.3) is 0 Å². The summed E-state index contributed by atoms with van der Waals surface area (Å²) in [5.41, 5.74) is 1.83. The lowest BCUT2D eigenvalue weighted by atomic mass is 9.84. The summed E-state index contributed by atoms with van der Waals surface area (Å²) in [7, 11) is 0. The fourth-order valence-corrected chi connectivity index (χ4v) is 3.70. The van der Waals surface area contributed by atoms with E-state index in [9.17, 15) is 10.2 Å². The van der Waals surface area contributed by atoms with Gasteiger partial charge in [0, 0.05) is 0 Å². The molecule has 3 nitrogen and oxygen atoms in total. The van der Waals surface area contributed by atoms with Crippen LogP contribution in [0.2, 0.25) is 0 Å². The Balaban J connectivity index is 1.69. The van der Waals surface area contributed by atoms with Crippen LogP contribution in [-0.4, -0.2) is 21.8 Å². The van der Waals surface area contributed by atoms with Crippen LogP contribution in [0.1, 0.15) is 23.0 Å². The molecule has 0 aliphatic heterocycles. The quantitative estimate of drug-likeness (QED) is 0.806. The van der Waals surface area contributed by atoms with E-state index in [1.165, 1.54) is 0 Å². The Hall–Kier alpha value is -2.72. The van der Waals surface area contributed by atoms with Crippen LogP contribution >= 0.6 is 0 Å². The first-order chi connectivity index (χ1) is 13.1. The zero-order valence-corrected chi connectivity index (χ0v) is 14.8. The molecule has 0 saturated heterocycles. The van der Waals surface area contributed by atoms with Gasteiger partial charge >= 0.3 is 0 Å². The van der Waals surface area contributed by atoms with Crippen LogP contribution in [0.15, 0.2) is 109 Å². The molecule has 0 heterocycles. The van der Waals surface area contributed by atoms with E-state index in [0.29, 0.717) is 0 Å². The highest BCUT2D eigenvalue weighted by Gasteiger charge is 2.47. The summed E-state index contributed by atoms with van der Waals surface area (Å²) in [6, 6.07) is 19.3. The van der Waals surface area contributed by atoms with Crippen LogP contribution in [0.5, 0.6) is 0 Å². The second-order valence-electron chi connectivity index (χ2n) is 6.87. The fourth-order valence-electron chi connectivity index (χ4n) is 3.70. The summed E-state index contributed by atoms with van der Waals surface area (Å²) in [4.78, 5) is 0. The fraction of sp³-hybridized carbons (Fsp3) is 0.167. The number of ether oxygens (including phenoxy) is 1. The molecule has 0 saturated carbocycles. The average Bonchev–Trinajstić information content (AvgIpc) is 2.69. The van der Waals surface area contributed by atoms with Crippen LogP contribution in [0, 0.1) is 0 Å². The summed E-state index contributed by atoms with van der Waals surface area (Å²) >= 11 is 0. The minimum atomic E-state index is -1.67. The van der Waals surface area contributed by atoms with Gasteiger partial charge in [-0.05, 0) is 23.3 Å². The molecule has 4 atom stereocenters. The van der Waals surface area contributed by atoms with Gasteiger partial charge in [0.1, 0.15) is 0 Å². The molecule has 3 heteroatoms. The standard InChI is InChI=1S/C24H22O3/c25-23(17-9-7-15-21(23)19-11-3-1-4-12-19)27-24(26)18-10-8-16-22(24)20-13-5-2-6-14-20/h1-18,21-22,25-26H. The summed E-state index contributed by atoms with van der Waals surface area (Å²) < 4.78 is 6.08. The number of hydrogen-bond acceptors (Lipinski definition) is 3. The van der Waals surface area contributed by atoms with E-state index in [4.69, 9.17) is 4.74 Å². The smallest absolute Gasteiger partial charge is 0.199 e. The third kappa shape index (κ3) is 3.45. The highest BCUT2D eigenvalue weighted by molar-refractivity contribution is 5.37. The summed E-state index contributed by atoms with van der Waals surface area (Å²) in [5.74, 6) is -4.20. The van der Waals surface area contributed by atoms with Crippen LogP contribution < -0.4 is 0 Å². The second-order valence-corrected chi connectivity index (χ2v) is 6.87. The Labute approximate surface area is 159 Å². The molecule has 27 heavy (non-hydrogen) atoms. The largest absolute Gasteiger partial charge is 0.361 e. The average molecular weight is 358 g/mol. The van der Waals surface area contributed by atoms with E-state index in [0.717, 1.165) is 11.1 Å². The Morgan fingerprint density at radius 3 is 1.41 bits per heavy atom. The SMILES string of the molecule is OC1(OC2(O)C=CC=CC2c2ccccc2)C=CC=CC1c1ccccc1. The Morgan fingerprint density at radius 2 is 1.00 bits per heavy atom. The van der Waals surface area contributed by atoms with Gasteiger partial charge in [-0.2, -0.15) is 0 Å². The molecule has 0 aromatic heterocycles. The molecular weight excluding hydrogens is 336 g/mol. The topological polar surface area (TPSA) is 49.7 Å². The first-order valence-electron chi connectivity index (χ1n) is 9.08. The molecule has 2 aromatic carbocycles. The molecule has 2 N–H and O–H groups in total. The zero-order valence-electron chi connectivity index (χ0n) is 14.8. The molecule has 0 fully saturated rings. The Kier molecular flexibility index (Phi) is 4.66. The Bertz CT molecular complexity index is 822. The van der Waals surface area contributed by atoms with Crippen molar-refractivity contribution in [1.29, 1.82) is 0 Å². The van der Waals surface area contributed by atoms with Gasteiger partial charge in [-0.1, -0.05) is 97.1 Å². The van der Waals surface area contributed by atoms with E-state index in [-0.39, 0.29) is 0 Å².